The topological polar surface area (TPSA) is 41.6 Å². The van der Waals surface area contributed by atoms with Crippen LogP contribution in [0.4, 0.5) is 0 Å². The first-order valence-electron chi connectivity index (χ1n) is 5.33. The van der Waals surface area contributed by atoms with Gasteiger partial charge in [-0.3, -0.25) is 4.90 Å². The molecule has 0 amide bonds. The molecular weight excluding hydrogens is 206 g/mol. The molecule has 2 rings (SSSR count). The van der Waals surface area contributed by atoms with Crippen molar-refractivity contribution < 1.29 is 0 Å². The fourth-order valence-electron chi connectivity index (χ4n) is 1.99. The van der Waals surface area contributed by atoms with Gasteiger partial charge < -0.3 is 5.73 Å². The van der Waals surface area contributed by atoms with E-state index in [4.69, 9.17) is 5.73 Å². The lowest BCUT2D eigenvalue weighted by Crippen LogP contribution is -2.29. The lowest BCUT2D eigenvalue weighted by Gasteiger charge is -2.24. The molecule has 0 aromatic carbocycles. The molecular formula is C11H17N3S. The normalized spacial score (nSPS) is 27.3. The number of aliphatic imine (C=N–C) groups is 1. The second kappa shape index (κ2) is 4.86. The predicted octanol–water partition coefficient (Wildman–Crippen LogP) is 1.58. The number of nitrogens with two attached hydrogens (primary N) is 1. The quantitative estimate of drug-likeness (QED) is 0.723. The number of rotatable bonds is 2. The van der Waals surface area contributed by atoms with Crippen LogP contribution in [0.15, 0.2) is 29.4 Å². The van der Waals surface area contributed by atoms with E-state index in [1.807, 2.05) is 6.08 Å². The van der Waals surface area contributed by atoms with Crippen LogP contribution >= 0.6 is 11.8 Å². The molecule has 3 nitrogen and oxygen atoms in total. The average molecular weight is 223 g/mol. The third kappa shape index (κ3) is 2.63. The van der Waals surface area contributed by atoms with E-state index in [1.165, 1.54) is 5.70 Å². The predicted molar refractivity (Wildman–Crippen MR) is 67.0 cm³/mol. The highest BCUT2D eigenvalue weighted by molar-refractivity contribution is 8.14. The standard InChI is InChI=1S/C11H17N3S/c1-2-6-14-7-3-4-9-10(5-8-14)15-11(12)13-9/h2,4,10H,1,3,5-8H2,(H2,12,13)/t10-/m0/s1. The summed E-state index contributed by atoms with van der Waals surface area (Å²) in [6, 6.07) is 0. The number of hydrogen-bond acceptors (Lipinski definition) is 4. The van der Waals surface area contributed by atoms with E-state index in [2.05, 4.69) is 22.5 Å². The van der Waals surface area contributed by atoms with Gasteiger partial charge in [0.2, 0.25) is 0 Å². The Bertz CT molecular complexity index is 309. The van der Waals surface area contributed by atoms with Crippen LogP contribution in [-0.2, 0) is 0 Å². The summed E-state index contributed by atoms with van der Waals surface area (Å²) in [6.07, 6.45) is 6.40. The Morgan fingerprint density at radius 1 is 1.67 bits per heavy atom. The molecule has 0 spiro atoms. The molecule has 4 heteroatoms. The maximum atomic E-state index is 5.73. The van der Waals surface area contributed by atoms with Crippen molar-refractivity contribution in [1.82, 2.24) is 4.90 Å². The zero-order valence-electron chi connectivity index (χ0n) is 8.85. The van der Waals surface area contributed by atoms with E-state index < -0.39 is 0 Å². The monoisotopic (exact) mass is 223 g/mol. The van der Waals surface area contributed by atoms with Gasteiger partial charge in [-0.25, -0.2) is 4.99 Å². The molecule has 0 unspecified atom stereocenters. The van der Waals surface area contributed by atoms with Crippen molar-refractivity contribution in [3.05, 3.63) is 24.4 Å². The van der Waals surface area contributed by atoms with E-state index in [0.29, 0.717) is 5.25 Å². The lowest BCUT2D eigenvalue weighted by molar-refractivity contribution is 0.301. The van der Waals surface area contributed by atoms with Crippen LogP contribution in [0.5, 0.6) is 0 Å². The van der Waals surface area contributed by atoms with Crippen molar-refractivity contribution in [2.24, 2.45) is 10.7 Å². The lowest BCUT2D eigenvalue weighted by atomic mass is 10.1. The summed E-state index contributed by atoms with van der Waals surface area (Å²) in [4.78, 5) is 6.79. The van der Waals surface area contributed by atoms with E-state index in [-0.39, 0.29) is 0 Å². The molecule has 0 fully saturated rings. The molecule has 1 atom stereocenters. The van der Waals surface area contributed by atoms with Crippen molar-refractivity contribution in [2.75, 3.05) is 19.6 Å². The number of fused-ring (bicyclic) bond motifs is 1. The highest BCUT2D eigenvalue weighted by Crippen LogP contribution is 2.31. The Labute approximate surface area is 95.1 Å². The molecule has 0 bridgehead atoms. The molecule has 0 aliphatic carbocycles. The Morgan fingerprint density at radius 2 is 2.53 bits per heavy atom. The Morgan fingerprint density at radius 3 is 3.33 bits per heavy atom. The maximum Gasteiger partial charge on any atom is 0.159 e. The van der Waals surface area contributed by atoms with Crippen LogP contribution < -0.4 is 5.73 Å². The fraction of sp³-hybridized carbons (Fsp3) is 0.545. The first-order valence-corrected chi connectivity index (χ1v) is 6.21. The molecule has 2 aliphatic rings. The van der Waals surface area contributed by atoms with Crippen LogP contribution in [0.1, 0.15) is 12.8 Å². The molecule has 0 aromatic heterocycles. The minimum Gasteiger partial charge on any atom is -0.378 e. The molecule has 2 aliphatic heterocycles. The van der Waals surface area contributed by atoms with Crippen LogP contribution in [-0.4, -0.2) is 35.0 Å². The Balaban J connectivity index is 2.00. The smallest absolute Gasteiger partial charge is 0.159 e. The van der Waals surface area contributed by atoms with Crippen LogP contribution in [0.2, 0.25) is 0 Å². The molecule has 15 heavy (non-hydrogen) atoms. The number of amidine groups is 1. The minimum atomic E-state index is 0.484. The highest BCUT2D eigenvalue weighted by Gasteiger charge is 2.24. The number of nitrogens with zero attached hydrogens (tertiary/aromatic N) is 2. The summed E-state index contributed by atoms with van der Waals surface area (Å²) in [5.41, 5.74) is 6.92. The van der Waals surface area contributed by atoms with Gasteiger partial charge in [0, 0.05) is 13.1 Å². The van der Waals surface area contributed by atoms with Crippen molar-refractivity contribution in [1.29, 1.82) is 0 Å². The van der Waals surface area contributed by atoms with Crippen molar-refractivity contribution in [2.45, 2.75) is 18.1 Å². The molecule has 0 radical (unpaired) electrons. The third-order valence-corrected chi connectivity index (χ3v) is 3.82. The van der Waals surface area contributed by atoms with Gasteiger partial charge in [-0.1, -0.05) is 23.9 Å². The zero-order chi connectivity index (χ0) is 10.7. The van der Waals surface area contributed by atoms with Crippen LogP contribution in [0.25, 0.3) is 0 Å². The Kier molecular flexibility index (Phi) is 3.49. The van der Waals surface area contributed by atoms with Gasteiger partial charge in [-0.05, 0) is 19.4 Å². The van der Waals surface area contributed by atoms with E-state index in [1.54, 1.807) is 11.8 Å². The van der Waals surface area contributed by atoms with Gasteiger partial charge in [-0.15, -0.1) is 6.58 Å². The summed E-state index contributed by atoms with van der Waals surface area (Å²) < 4.78 is 0. The first-order chi connectivity index (χ1) is 7.29. The van der Waals surface area contributed by atoms with Gasteiger partial charge in [0.15, 0.2) is 5.17 Å². The minimum absolute atomic E-state index is 0.484. The first kappa shape index (κ1) is 10.8. The van der Waals surface area contributed by atoms with Crippen molar-refractivity contribution in [3.8, 4) is 0 Å². The maximum absolute atomic E-state index is 5.73. The zero-order valence-corrected chi connectivity index (χ0v) is 9.67. The van der Waals surface area contributed by atoms with Gasteiger partial charge in [0.25, 0.3) is 0 Å². The third-order valence-electron chi connectivity index (χ3n) is 2.73. The van der Waals surface area contributed by atoms with Gasteiger partial charge in [0.05, 0.1) is 10.9 Å². The second-order valence-corrected chi connectivity index (χ2v) is 5.08. The SMILES string of the molecule is C=CCN1CCC=C2N=C(N)S[C@H]2CC1. The average Bonchev–Trinajstić information content (AvgIpc) is 2.52. The van der Waals surface area contributed by atoms with Gasteiger partial charge in [0.1, 0.15) is 0 Å². The molecule has 2 heterocycles. The fourth-order valence-corrected chi connectivity index (χ4v) is 2.93. The van der Waals surface area contributed by atoms with E-state index in [0.717, 1.165) is 37.6 Å². The van der Waals surface area contributed by atoms with E-state index >= 15 is 0 Å². The summed E-state index contributed by atoms with van der Waals surface area (Å²) in [7, 11) is 0. The van der Waals surface area contributed by atoms with Gasteiger partial charge >= 0.3 is 0 Å². The highest BCUT2D eigenvalue weighted by atomic mass is 32.2. The van der Waals surface area contributed by atoms with E-state index in [9.17, 15) is 0 Å². The molecule has 82 valence electrons. The van der Waals surface area contributed by atoms with Crippen LogP contribution in [0, 0.1) is 0 Å². The summed E-state index contributed by atoms with van der Waals surface area (Å²) in [5, 5.41) is 1.21. The molecule has 0 aromatic rings. The number of hydrogen-bond donors (Lipinski definition) is 1. The molecule has 2 N–H and O–H groups in total. The number of thioether (sulfide) groups is 1. The molecule has 0 saturated carbocycles. The van der Waals surface area contributed by atoms with Crippen LogP contribution in [0.3, 0.4) is 0 Å². The van der Waals surface area contributed by atoms with Gasteiger partial charge in [-0.2, -0.15) is 0 Å². The molecule has 0 saturated heterocycles. The Hall–Kier alpha value is -0.740. The van der Waals surface area contributed by atoms with Crippen molar-refractivity contribution >= 4 is 16.9 Å². The second-order valence-electron chi connectivity index (χ2n) is 3.85. The largest absolute Gasteiger partial charge is 0.378 e. The summed E-state index contributed by atoms with van der Waals surface area (Å²) in [5.74, 6) is 0. The summed E-state index contributed by atoms with van der Waals surface area (Å²) >= 11 is 1.70. The summed E-state index contributed by atoms with van der Waals surface area (Å²) in [6.45, 7) is 6.98. The van der Waals surface area contributed by atoms with Crippen molar-refractivity contribution in [3.63, 3.8) is 0 Å².